The van der Waals surface area contributed by atoms with Gasteiger partial charge in [-0.25, -0.2) is 0 Å². The summed E-state index contributed by atoms with van der Waals surface area (Å²) in [6.07, 6.45) is 4.02. The molecule has 1 unspecified atom stereocenters. The van der Waals surface area contributed by atoms with E-state index in [4.69, 9.17) is 9.47 Å². The molecule has 0 bridgehead atoms. The fraction of sp³-hybridized carbons (Fsp3) is 0.588. The lowest BCUT2D eigenvalue weighted by Gasteiger charge is -2.25. The van der Waals surface area contributed by atoms with Crippen molar-refractivity contribution in [1.82, 2.24) is 9.88 Å². The zero-order valence-corrected chi connectivity index (χ0v) is 14.3. The van der Waals surface area contributed by atoms with E-state index in [1.54, 1.807) is 30.2 Å². The lowest BCUT2D eigenvalue weighted by Crippen LogP contribution is -2.38. The molecule has 1 aromatic rings. The number of ether oxygens (including phenoxy) is 2. The van der Waals surface area contributed by atoms with Crippen molar-refractivity contribution in [3.05, 3.63) is 30.1 Å². The standard InChI is InChI=1S/C17H26N2O4/c1-13(2)23-10-6-9-19(12-14(3)17(21)22-4)16(20)15-7-5-8-18-11-15/h5,7-8,11,13-14H,6,9-10,12H2,1-4H3. The maximum Gasteiger partial charge on any atom is 0.310 e. The summed E-state index contributed by atoms with van der Waals surface area (Å²) in [6, 6.07) is 3.44. The van der Waals surface area contributed by atoms with Crippen molar-refractivity contribution in [2.75, 3.05) is 26.8 Å². The maximum atomic E-state index is 12.6. The van der Waals surface area contributed by atoms with Gasteiger partial charge in [-0.1, -0.05) is 6.92 Å². The third kappa shape index (κ3) is 6.78. The molecule has 1 amide bonds. The van der Waals surface area contributed by atoms with Crippen molar-refractivity contribution in [3.63, 3.8) is 0 Å². The smallest absolute Gasteiger partial charge is 0.310 e. The highest BCUT2D eigenvalue weighted by atomic mass is 16.5. The van der Waals surface area contributed by atoms with Crippen molar-refractivity contribution in [2.45, 2.75) is 33.3 Å². The number of aromatic nitrogens is 1. The Morgan fingerprint density at radius 3 is 2.61 bits per heavy atom. The average Bonchev–Trinajstić information content (AvgIpc) is 2.56. The quantitative estimate of drug-likeness (QED) is 0.515. The van der Waals surface area contributed by atoms with Crippen LogP contribution >= 0.6 is 0 Å². The van der Waals surface area contributed by atoms with Crippen molar-refractivity contribution < 1.29 is 19.1 Å². The number of carbonyl (C=O) groups is 2. The van der Waals surface area contributed by atoms with Crippen molar-refractivity contribution in [2.24, 2.45) is 5.92 Å². The number of carbonyl (C=O) groups excluding carboxylic acids is 2. The molecular weight excluding hydrogens is 296 g/mol. The number of nitrogens with zero attached hydrogens (tertiary/aromatic N) is 2. The van der Waals surface area contributed by atoms with Gasteiger partial charge in [-0.2, -0.15) is 0 Å². The lowest BCUT2D eigenvalue weighted by atomic mass is 10.1. The summed E-state index contributed by atoms with van der Waals surface area (Å²) in [7, 11) is 1.35. The van der Waals surface area contributed by atoms with Crippen LogP contribution in [0.2, 0.25) is 0 Å². The fourth-order valence-corrected chi connectivity index (χ4v) is 2.13. The first kappa shape index (κ1) is 19.1. The highest BCUT2D eigenvalue weighted by Gasteiger charge is 2.22. The van der Waals surface area contributed by atoms with Gasteiger partial charge in [0.2, 0.25) is 0 Å². The predicted molar refractivity (Wildman–Crippen MR) is 87.0 cm³/mol. The first-order chi connectivity index (χ1) is 11.0. The van der Waals surface area contributed by atoms with Crippen molar-refractivity contribution in [1.29, 1.82) is 0 Å². The predicted octanol–water partition coefficient (Wildman–Crippen LogP) is 2.15. The van der Waals surface area contributed by atoms with E-state index in [2.05, 4.69) is 4.98 Å². The Morgan fingerprint density at radius 2 is 2.04 bits per heavy atom. The van der Waals surface area contributed by atoms with Crippen LogP contribution in [0.15, 0.2) is 24.5 Å². The molecule has 0 radical (unpaired) electrons. The normalized spacial score (nSPS) is 12.0. The Bertz CT molecular complexity index is 491. The SMILES string of the molecule is COC(=O)C(C)CN(CCCOC(C)C)C(=O)c1cccnc1. The molecule has 0 aliphatic carbocycles. The van der Waals surface area contributed by atoms with Gasteiger partial charge in [0.15, 0.2) is 0 Å². The summed E-state index contributed by atoms with van der Waals surface area (Å²) in [5.41, 5.74) is 0.509. The Balaban J connectivity index is 2.71. The molecule has 128 valence electrons. The molecule has 0 aliphatic heterocycles. The van der Waals surface area contributed by atoms with Crippen LogP contribution in [0.5, 0.6) is 0 Å². The van der Waals surface area contributed by atoms with Gasteiger partial charge in [-0.3, -0.25) is 14.6 Å². The van der Waals surface area contributed by atoms with Gasteiger partial charge in [0.25, 0.3) is 5.91 Å². The van der Waals surface area contributed by atoms with Crippen LogP contribution < -0.4 is 0 Å². The summed E-state index contributed by atoms with van der Waals surface area (Å²) in [5.74, 6) is -0.850. The molecule has 6 nitrogen and oxygen atoms in total. The van der Waals surface area contributed by atoms with Gasteiger partial charge < -0.3 is 14.4 Å². The largest absolute Gasteiger partial charge is 0.469 e. The third-order valence-electron chi connectivity index (χ3n) is 3.32. The average molecular weight is 322 g/mol. The third-order valence-corrected chi connectivity index (χ3v) is 3.32. The topological polar surface area (TPSA) is 68.7 Å². The van der Waals surface area contributed by atoms with E-state index < -0.39 is 0 Å². The highest BCUT2D eigenvalue weighted by molar-refractivity contribution is 5.94. The molecule has 0 fully saturated rings. The zero-order chi connectivity index (χ0) is 17.2. The van der Waals surface area contributed by atoms with E-state index in [0.717, 1.165) is 0 Å². The first-order valence-corrected chi connectivity index (χ1v) is 7.84. The number of rotatable bonds is 9. The second kappa shape index (κ2) is 9.94. The maximum absolute atomic E-state index is 12.6. The van der Waals surface area contributed by atoms with E-state index in [1.165, 1.54) is 13.3 Å². The number of methoxy groups -OCH3 is 1. The minimum absolute atomic E-state index is 0.140. The second-order valence-corrected chi connectivity index (χ2v) is 5.69. The van der Waals surface area contributed by atoms with Crippen LogP contribution in [-0.4, -0.2) is 54.7 Å². The molecule has 0 spiro atoms. The molecule has 1 atom stereocenters. The number of amides is 1. The van der Waals surface area contributed by atoms with Crippen LogP contribution in [0.4, 0.5) is 0 Å². The lowest BCUT2D eigenvalue weighted by molar-refractivity contribution is -0.145. The van der Waals surface area contributed by atoms with Crippen LogP contribution in [0.3, 0.4) is 0 Å². The molecule has 23 heavy (non-hydrogen) atoms. The van der Waals surface area contributed by atoms with Crippen LogP contribution in [0, 0.1) is 5.92 Å². The summed E-state index contributed by atoms with van der Waals surface area (Å²) >= 11 is 0. The minimum Gasteiger partial charge on any atom is -0.469 e. The molecule has 0 aliphatic rings. The minimum atomic E-state index is -0.383. The summed E-state index contributed by atoms with van der Waals surface area (Å²) in [6.45, 7) is 7.08. The van der Waals surface area contributed by atoms with Crippen LogP contribution in [0.25, 0.3) is 0 Å². The Hall–Kier alpha value is -1.95. The van der Waals surface area contributed by atoms with E-state index >= 15 is 0 Å². The number of pyridine rings is 1. The fourth-order valence-electron chi connectivity index (χ4n) is 2.13. The summed E-state index contributed by atoms with van der Waals surface area (Å²) < 4.78 is 10.3. The summed E-state index contributed by atoms with van der Waals surface area (Å²) in [4.78, 5) is 29.9. The van der Waals surface area contributed by atoms with Gasteiger partial charge in [0, 0.05) is 32.1 Å². The van der Waals surface area contributed by atoms with E-state index in [1.807, 2.05) is 13.8 Å². The molecule has 1 rings (SSSR count). The number of hydrogen-bond acceptors (Lipinski definition) is 5. The molecule has 0 saturated carbocycles. The molecule has 0 aromatic carbocycles. The zero-order valence-electron chi connectivity index (χ0n) is 14.3. The Kier molecular flexibility index (Phi) is 8.26. The van der Waals surface area contributed by atoms with Gasteiger partial charge in [-0.15, -0.1) is 0 Å². The van der Waals surface area contributed by atoms with Gasteiger partial charge in [0.1, 0.15) is 0 Å². The molecule has 0 N–H and O–H groups in total. The van der Waals surface area contributed by atoms with E-state index in [0.29, 0.717) is 31.7 Å². The van der Waals surface area contributed by atoms with Crippen molar-refractivity contribution in [3.8, 4) is 0 Å². The molecular formula is C17H26N2O4. The number of esters is 1. The first-order valence-electron chi connectivity index (χ1n) is 7.84. The second-order valence-electron chi connectivity index (χ2n) is 5.69. The Morgan fingerprint density at radius 1 is 1.30 bits per heavy atom. The number of hydrogen-bond donors (Lipinski definition) is 0. The molecule has 0 saturated heterocycles. The molecule has 6 heteroatoms. The van der Waals surface area contributed by atoms with Gasteiger partial charge in [-0.05, 0) is 32.4 Å². The van der Waals surface area contributed by atoms with E-state index in [-0.39, 0.29) is 23.9 Å². The Labute approximate surface area is 137 Å². The van der Waals surface area contributed by atoms with Crippen molar-refractivity contribution >= 4 is 11.9 Å². The van der Waals surface area contributed by atoms with E-state index in [9.17, 15) is 9.59 Å². The molecule has 1 heterocycles. The molecule has 1 aromatic heterocycles. The van der Waals surface area contributed by atoms with Crippen LogP contribution in [0.1, 0.15) is 37.6 Å². The van der Waals surface area contributed by atoms with Crippen LogP contribution in [-0.2, 0) is 14.3 Å². The highest BCUT2D eigenvalue weighted by Crippen LogP contribution is 2.09. The van der Waals surface area contributed by atoms with Gasteiger partial charge >= 0.3 is 5.97 Å². The monoisotopic (exact) mass is 322 g/mol. The van der Waals surface area contributed by atoms with Gasteiger partial charge in [0.05, 0.1) is 24.7 Å². The summed E-state index contributed by atoms with van der Waals surface area (Å²) in [5, 5.41) is 0.